The van der Waals surface area contributed by atoms with Crippen molar-refractivity contribution in [2.24, 2.45) is 0 Å². The number of rotatable bonds is 7. The van der Waals surface area contributed by atoms with Gasteiger partial charge in [0.1, 0.15) is 0 Å². The minimum absolute atomic E-state index is 0.0714. The normalized spacial score (nSPS) is 19.5. The summed E-state index contributed by atoms with van der Waals surface area (Å²) >= 11 is 6.11. The van der Waals surface area contributed by atoms with Gasteiger partial charge in [-0.15, -0.1) is 5.10 Å². The first-order valence-corrected chi connectivity index (χ1v) is 17.8. The third kappa shape index (κ3) is 8.70. The minimum Gasteiger partial charge on any atom is -0.436 e. The molecule has 3 aliphatic heterocycles. The number of carbonyl (C=O) groups excluding carboxylic acids is 2. The van der Waals surface area contributed by atoms with Crippen molar-refractivity contribution in [2.45, 2.75) is 62.9 Å². The van der Waals surface area contributed by atoms with Crippen molar-refractivity contribution in [1.82, 2.24) is 34.4 Å². The predicted molar refractivity (Wildman–Crippen MR) is 186 cm³/mol. The van der Waals surface area contributed by atoms with E-state index < -0.39 is 35.5 Å². The van der Waals surface area contributed by atoms with Crippen molar-refractivity contribution in [1.29, 1.82) is 0 Å². The average molecular weight is 733 g/mol. The number of amides is 2. The fourth-order valence-electron chi connectivity index (χ4n) is 7.31. The van der Waals surface area contributed by atoms with E-state index >= 15 is 0 Å². The van der Waals surface area contributed by atoms with Crippen LogP contribution in [0.4, 0.5) is 23.7 Å². The number of likely N-dealkylation sites (N-methyl/N-ethyl adjacent to an activating group) is 1. The fraction of sp³-hybridized carbons (Fsp3) is 0.543. The standard InChI is InChI=1S/C35H44ClF3N8O4/c1-43-12-5-13-44(19-18-43)25-8-14-45(15-9-25)32(48)29(22-23-20-27(35(37,38)39)30(40)28(36)21-23)51-34(50)46-16-10-26(11-17-46)47-33(49)41-31(42-47)24-6-3-2-4-7-24/h2-4,6-7,20-21,25-26,29H,5,8-19,22,40H2,1H3,(H,41,42,49)/t29-/m1/s1. The van der Waals surface area contributed by atoms with E-state index in [1.54, 1.807) is 4.90 Å². The molecule has 3 saturated heterocycles. The van der Waals surface area contributed by atoms with Crippen LogP contribution in [0.25, 0.3) is 11.4 Å². The summed E-state index contributed by atoms with van der Waals surface area (Å²) in [5, 5.41) is 4.18. The van der Waals surface area contributed by atoms with E-state index in [0.29, 0.717) is 37.8 Å². The molecule has 4 heterocycles. The van der Waals surface area contributed by atoms with Gasteiger partial charge >= 0.3 is 18.0 Å². The number of H-pyrrole nitrogens is 1. The first-order valence-electron chi connectivity index (χ1n) is 17.4. The van der Waals surface area contributed by atoms with Crippen LogP contribution in [0.1, 0.15) is 49.3 Å². The van der Waals surface area contributed by atoms with Crippen molar-refractivity contribution in [3.8, 4) is 11.4 Å². The molecular formula is C35H44ClF3N8O4. The molecule has 0 radical (unpaired) electrons. The Hall–Kier alpha value is -4.08. The maximum atomic E-state index is 14.0. The molecule has 3 N–H and O–H groups in total. The van der Waals surface area contributed by atoms with Gasteiger partial charge in [0, 0.05) is 57.3 Å². The molecule has 0 bridgehead atoms. The molecule has 1 atom stereocenters. The zero-order valence-corrected chi connectivity index (χ0v) is 29.3. The molecule has 276 valence electrons. The van der Waals surface area contributed by atoms with Gasteiger partial charge in [-0.05, 0) is 69.9 Å². The number of aromatic amines is 1. The molecule has 6 rings (SSSR count). The molecule has 51 heavy (non-hydrogen) atoms. The third-order valence-corrected chi connectivity index (χ3v) is 10.6. The molecule has 3 aliphatic rings. The highest BCUT2D eigenvalue weighted by Gasteiger charge is 2.38. The summed E-state index contributed by atoms with van der Waals surface area (Å²) in [4.78, 5) is 51.0. The highest BCUT2D eigenvalue weighted by Crippen LogP contribution is 2.38. The number of nitrogen functional groups attached to an aromatic ring is 1. The summed E-state index contributed by atoms with van der Waals surface area (Å²) in [7, 11) is 2.11. The van der Waals surface area contributed by atoms with E-state index in [2.05, 4.69) is 26.9 Å². The molecule has 0 spiro atoms. The minimum atomic E-state index is -4.77. The second kappa shape index (κ2) is 15.7. The lowest BCUT2D eigenvalue weighted by atomic mass is 9.99. The summed E-state index contributed by atoms with van der Waals surface area (Å²) in [6.07, 6.45) is -3.84. The van der Waals surface area contributed by atoms with Crippen LogP contribution in [0.2, 0.25) is 5.02 Å². The monoisotopic (exact) mass is 732 g/mol. The Morgan fingerprint density at radius 3 is 2.31 bits per heavy atom. The van der Waals surface area contributed by atoms with E-state index in [0.717, 1.165) is 57.1 Å². The van der Waals surface area contributed by atoms with Gasteiger partial charge in [-0.25, -0.2) is 14.3 Å². The second-order valence-corrected chi connectivity index (χ2v) is 14.1. The van der Waals surface area contributed by atoms with Gasteiger partial charge in [-0.1, -0.05) is 41.9 Å². The van der Waals surface area contributed by atoms with Gasteiger partial charge in [0.25, 0.3) is 5.91 Å². The van der Waals surface area contributed by atoms with Crippen molar-refractivity contribution in [2.75, 3.05) is 65.1 Å². The Kier molecular flexibility index (Phi) is 11.3. The first kappa shape index (κ1) is 36.7. The van der Waals surface area contributed by atoms with E-state index in [9.17, 15) is 27.6 Å². The van der Waals surface area contributed by atoms with Crippen LogP contribution in [0.3, 0.4) is 0 Å². The van der Waals surface area contributed by atoms with Gasteiger partial charge in [-0.2, -0.15) is 13.2 Å². The molecule has 2 aromatic carbocycles. The highest BCUT2D eigenvalue weighted by atomic mass is 35.5. The Balaban J connectivity index is 1.14. The number of carbonyl (C=O) groups is 2. The number of nitrogens with two attached hydrogens (primary N) is 1. The van der Waals surface area contributed by atoms with Crippen molar-refractivity contribution in [3.63, 3.8) is 0 Å². The number of nitrogens with zero attached hydrogens (tertiary/aromatic N) is 6. The van der Waals surface area contributed by atoms with Gasteiger partial charge < -0.3 is 25.2 Å². The number of likely N-dealkylation sites (tertiary alicyclic amines) is 2. The van der Waals surface area contributed by atoms with Crippen LogP contribution >= 0.6 is 11.6 Å². The molecule has 1 aromatic heterocycles. The van der Waals surface area contributed by atoms with E-state index in [4.69, 9.17) is 22.1 Å². The summed E-state index contributed by atoms with van der Waals surface area (Å²) in [5.41, 5.74) is 4.42. The summed E-state index contributed by atoms with van der Waals surface area (Å²) < 4.78 is 48.7. The van der Waals surface area contributed by atoms with Crippen molar-refractivity contribution < 1.29 is 27.5 Å². The molecule has 0 unspecified atom stereocenters. The Morgan fingerprint density at radius 1 is 0.961 bits per heavy atom. The van der Waals surface area contributed by atoms with Crippen LogP contribution < -0.4 is 11.4 Å². The number of aromatic nitrogens is 3. The van der Waals surface area contributed by atoms with Crippen LogP contribution in [0, 0.1) is 0 Å². The Bertz CT molecular complexity index is 1740. The van der Waals surface area contributed by atoms with E-state index in [-0.39, 0.29) is 41.8 Å². The molecule has 0 aliphatic carbocycles. The highest BCUT2D eigenvalue weighted by molar-refractivity contribution is 6.33. The SMILES string of the molecule is CN1CCCN(C2CCN(C(=O)[C@@H](Cc3cc(Cl)c(N)c(C(F)(F)F)c3)OC(=O)N3CCC(n4nc(-c5ccccc5)[nH]c4=O)CC3)CC2)CC1. The molecule has 2 amide bonds. The average Bonchev–Trinajstić information content (AvgIpc) is 3.38. The van der Waals surface area contributed by atoms with Gasteiger partial charge in [0.05, 0.1) is 22.3 Å². The number of nitrogens with one attached hydrogen (secondary N) is 1. The number of anilines is 1. The fourth-order valence-corrected chi connectivity index (χ4v) is 7.55. The lowest BCUT2D eigenvalue weighted by Crippen LogP contribution is -2.51. The maximum absolute atomic E-state index is 14.0. The van der Waals surface area contributed by atoms with Gasteiger partial charge in [0.15, 0.2) is 11.9 Å². The summed E-state index contributed by atoms with van der Waals surface area (Å²) in [6.45, 7) is 5.30. The lowest BCUT2D eigenvalue weighted by molar-refractivity contribution is -0.142. The second-order valence-electron chi connectivity index (χ2n) is 13.7. The summed E-state index contributed by atoms with van der Waals surface area (Å²) in [5.74, 6) is -0.0198. The molecule has 16 heteroatoms. The van der Waals surface area contributed by atoms with Crippen LogP contribution in [0.5, 0.6) is 0 Å². The molecule has 3 fully saturated rings. The zero-order valence-electron chi connectivity index (χ0n) is 28.6. The quantitative estimate of drug-likeness (QED) is 0.340. The lowest BCUT2D eigenvalue weighted by Gasteiger charge is -2.39. The van der Waals surface area contributed by atoms with Crippen molar-refractivity contribution in [3.05, 3.63) is 69.1 Å². The molecule has 12 nitrogen and oxygen atoms in total. The van der Waals surface area contributed by atoms with Crippen LogP contribution in [-0.2, 0) is 22.1 Å². The number of benzene rings is 2. The predicted octanol–water partition coefficient (Wildman–Crippen LogP) is 4.51. The largest absolute Gasteiger partial charge is 0.436 e. The molecular weight excluding hydrogens is 689 g/mol. The number of ether oxygens (including phenoxy) is 1. The number of halogens is 4. The maximum Gasteiger partial charge on any atom is 0.418 e. The van der Waals surface area contributed by atoms with Crippen molar-refractivity contribution >= 4 is 29.3 Å². The molecule has 0 saturated carbocycles. The van der Waals surface area contributed by atoms with Crippen LogP contribution in [0.15, 0.2) is 47.3 Å². The van der Waals surface area contributed by atoms with Gasteiger partial charge in [0.2, 0.25) is 0 Å². The number of alkyl halides is 3. The van der Waals surface area contributed by atoms with Crippen LogP contribution in [-0.4, -0.2) is 118 Å². The van der Waals surface area contributed by atoms with Gasteiger partial charge in [-0.3, -0.25) is 14.7 Å². The number of piperidine rings is 2. The topological polar surface area (TPSA) is 133 Å². The Labute approximate surface area is 299 Å². The Morgan fingerprint density at radius 2 is 1.63 bits per heavy atom. The first-order chi connectivity index (χ1) is 24.4. The number of hydrogen-bond acceptors (Lipinski definition) is 8. The summed E-state index contributed by atoms with van der Waals surface area (Å²) in [6, 6.07) is 11.4. The smallest absolute Gasteiger partial charge is 0.418 e. The third-order valence-electron chi connectivity index (χ3n) is 10.2. The van der Waals surface area contributed by atoms with E-state index in [1.807, 2.05) is 30.3 Å². The molecule has 3 aromatic rings. The zero-order chi connectivity index (χ0) is 36.3. The number of hydrogen-bond donors (Lipinski definition) is 2. The van der Waals surface area contributed by atoms with E-state index in [1.165, 1.54) is 15.6 Å².